The topological polar surface area (TPSA) is 15.3 Å². The van der Waals surface area contributed by atoms with Gasteiger partial charge in [0.1, 0.15) is 0 Å². The van der Waals surface area contributed by atoms with Gasteiger partial charge in [-0.25, -0.2) is 0 Å². The van der Waals surface area contributed by atoms with Crippen LogP contribution in [0.3, 0.4) is 0 Å². The van der Waals surface area contributed by atoms with Gasteiger partial charge in [0.2, 0.25) is 0 Å². The van der Waals surface area contributed by atoms with E-state index in [1.807, 2.05) is 11.3 Å². The lowest BCUT2D eigenvalue weighted by atomic mass is 10.2. The van der Waals surface area contributed by atoms with E-state index in [1.165, 1.54) is 25.6 Å². The van der Waals surface area contributed by atoms with Gasteiger partial charge in [-0.05, 0) is 67.0 Å². The Hall–Kier alpha value is -1.00. The lowest BCUT2D eigenvalue weighted by molar-refractivity contribution is 0.866. The average molecular weight is 353 g/mol. The molecule has 0 fully saturated rings. The van der Waals surface area contributed by atoms with Gasteiger partial charge in [0.25, 0.3) is 0 Å². The van der Waals surface area contributed by atoms with Crippen molar-refractivity contribution < 1.29 is 0 Å². The summed E-state index contributed by atoms with van der Waals surface area (Å²) in [7, 11) is 0. The highest BCUT2D eigenvalue weighted by molar-refractivity contribution is 9.10. The van der Waals surface area contributed by atoms with Crippen molar-refractivity contribution in [2.45, 2.75) is 27.3 Å². The number of nitrogens with zero attached hydrogens (tertiary/aromatic N) is 1. The third kappa shape index (κ3) is 3.76. The molecule has 1 N–H and O–H groups in total. The molecule has 4 heteroatoms. The third-order valence-electron chi connectivity index (χ3n) is 3.37. The minimum Gasteiger partial charge on any atom is -0.380 e. The Kier molecular flexibility index (Phi) is 5.49. The monoisotopic (exact) mass is 352 g/mol. The molecule has 108 valence electrons. The molecule has 0 spiro atoms. The normalized spacial score (nSPS) is 10.6. The number of hydrogen-bond acceptors (Lipinski definition) is 3. The largest absolute Gasteiger partial charge is 0.380 e. The minimum absolute atomic E-state index is 0.877. The Bertz CT molecular complexity index is 525. The summed E-state index contributed by atoms with van der Waals surface area (Å²) >= 11 is 5.39. The first-order valence-corrected chi connectivity index (χ1v) is 8.58. The van der Waals surface area contributed by atoms with Crippen molar-refractivity contribution in [2.75, 3.05) is 23.3 Å². The lowest BCUT2D eigenvalue weighted by Gasteiger charge is -2.21. The van der Waals surface area contributed by atoms with Gasteiger partial charge >= 0.3 is 0 Å². The van der Waals surface area contributed by atoms with Crippen LogP contribution in [0.1, 0.15) is 23.6 Å². The Labute approximate surface area is 133 Å². The van der Waals surface area contributed by atoms with E-state index in [0.29, 0.717) is 0 Å². The molecule has 0 radical (unpaired) electrons. The second-order valence-electron chi connectivity index (χ2n) is 4.69. The van der Waals surface area contributed by atoms with E-state index in [1.54, 1.807) is 0 Å². The first-order valence-electron chi connectivity index (χ1n) is 6.97. The lowest BCUT2D eigenvalue weighted by Crippen LogP contribution is -2.21. The van der Waals surface area contributed by atoms with Crippen LogP contribution >= 0.6 is 27.3 Å². The summed E-state index contributed by atoms with van der Waals surface area (Å²) in [6, 6.07) is 10.9. The molecule has 0 bridgehead atoms. The number of anilines is 2. The molecule has 0 amide bonds. The predicted molar refractivity (Wildman–Crippen MR) is 94.1 cm³/mol. The number of benzene rings is 1. The summed E-state index contributed by atoms with van der Waals surface area (Å²) in [6.07, 6.45) is 0. The molecule has 1 aromatic heterocycles. The van der Waals surface area contributed by atoms with E-state index in [-0.39, 0.29) is 0 Å². The summed E-state index contributed by atoms with van der Waals surface area (Å²) in [5, 5.41) is 3.47. The molecule has 0 unspecified atom stereocenters. The molecule has 0 saturated carbocycles. The zero-order chi connectivity index (χ0) is 14.5. The standard InChI is InChI=1S/C16H21BrN2S/c1-4-19(5-2)14-8-6-13(7-9-14)18-11-15-10-16(17)12(3)20-15/h6-10,18H,4-5,11H2,1-3H3. The summed E-state index contributed by atoms with van der Waals surface area (Å²) in [6.45, 7) is 9.48. The first-order chi connectivity index (χ1) is 9.63. The first kappa shape index (κ1) is 15.4. The predicted octanol–water partition coefficient (Wildman–Crippen LogP) is 5.28. The number of hydrogen-bond donors (Lipinski definition) is 1. The third-order valence-corrected chi connectivity index (χ3v) is 5.51. The van der Waals surface area contributed by atoms with E-state index < -0.39 is 0 Å². The van der Waals surface area contributed by atoms with Gasteiger partial charge in [-0.1, -0.05) is 0 Å². The number of aryl methyl sites for hydroxylation is 1. The van der Waals surface area contributed by atoms with E-state index in [4.69, 9.17) is 0 Å². The molecule has 2 aromatic rings. The van der Waals surface area contributed by atoms with Crippen molar-refractivity contribution in [3.8, 4) is 0 Å². The van der Waals surface area contributed by atoms with Crippen LogP contribution in [-0.2, 0) is 6.54 Å². The van der Waals surface area contributed by atoms with Crippen molar-refractivity contribution >= 4 is 38.6 Å². The Morgan fingerprint density at radius 2 is 1.80 bits per heavy atom. The van der Waals surface area contributed by atoms with Crippen LogP contribution < -0.4 is 10.2 Å². The van der Waals surface area contributed by atoms with Crippen LogP contribution in [0.25, 0.3) is 0 Å². The Balaban J connectivity index is 1.97. The second kappa shape index (κ2) is 7.14. The Morgan fingerprint density at radius 3 is 2.30 bits per heavy atom. The fourth-order valence-electron chi connectivity index (χ4n) is 2.17. The summed E-state index contributed by atoms with van der Waals surface area (Å²) in [5.41, 5.74) is 2.46. The molecular weight excluding hydrogens is 332 g/mol. The van der Waals surface area contributed by atoms with Crippen LogP contribution in [0.15, 0.2) is 34.8 Å². The molecular formula is C16H21BrN2S. The maximum Gasteiger partial charge on any atom is 0.0494 e. The number of halogens is 1. The van der Waals surface area contributed by atoms with E-state index in [9.17, 15) is 0 Å². The van der Waals surface area contributed by atoms with Crippen molar-refractivity contribution in [3.05, 3.63) is 44.6 Å². The quantitative estimate of drug-likeness (QED) is 0.760. The highest BCUT2D eigenvalue weighted by Gasteiger charge is 2.04. The van der Waals surface area contributed by atoms with Crippen molar-refractivity contribution in [1.82, 2.24) is 0 Å². The van der Waals surface area contributed by atoms with Crippen LogP contribution in [-0.4, -0.2) is 13.1 Å². The highest BCUT2D eigenvalue weighted by atomic mass is 79.9. The van der Waals surface area contributed by atoms with Crippen molar-refractivity contribution in [3.63, 3.8) is 0 Å². The maximum atomic E-state index is 3.56. The van der Waals surface area contributed by atoms with Crippen molar-refractivity contribution in [2.24, 2.45) is 0 Å². The fraction of sp³-hybridized carbons (Fsp3) is 0.375. The SMILES string of the molecule is CCN(CC)c1ccc(NCc2cc(Br)c(C)s2)cc1. The van der Waals surface area contributed by atoms with E-state index in [2.05, 4.69) is 77.2 Å². The second-order valence-corrected chi connectivity index (χ2v) is 6.88. The van der Waals surface area contributed by atoms with E-state index >= 15 is 0 Å². The van der Waals surface area contributed by atoms with Gasteiger partial charge < -0.3 is 10.2 Å². The molecule has 2 nitrogen and oxygen atoms in total. The zero-order valence-corrected chi connectivity index (χ0v) is 14.6. The summed E-state index contributed by atoms with van der Waals surface area (Å²) < 4.78 is 1.20. The van der Waals surface area contributed by atoms with Gasteiger partial charge in [0.15, 0.2) is 0 Å². The molecule has 0 atom stereocenters. The summed E-state index contributed by atoms with van der Waals surface area (Å²) in [4.78, 5) is 5.03. The minimum atomic E-state index is 0.877. The molecule has 0 aliphatic heterocycles. The van der Waals surface area contributed by atoms with E-state index in [0.717, 1.165) is 19.6 Å². The smallest absolute Gasteiger partial charge is 0.0494 e. The number of thiophene rings is 1. The van der Waals surface area contributed by atoms with Crippen LogP contribution in [0.5, 0.6) is 0 Å². The van der Waals surface area contributed by atoms with Gasteiger partial charge in [0.05, 0.1) is 0 Å². The van der Waals surface area contributed by atoms with Crippen LogP contribution in [0.2, 0.25) is 0 Å². The number of rotatable bonds is 6. The molecule has 0 aliphatic rings. The molecule has 1 heterocycles. The van der Waals surface area contributed by atoms with Gasteiger partial charge in [-0.2, -0.15) is 0 Å². The average Bonchev–Trinajstić information content (AvgIpc) is 2.78. The molecule has 2 rings (SSSR count). The fourth-order valence-corrected chi connectivity index (χ4v) is 3.71. The zero-order valence-electron chi connectivity index (χ0n) is 12.2. The van der Waals surface area contributed by atoms with Gasteiger partial charge in [-0.15, -0.1) is 11.3 Å². The van der Waals surface area contributed by atoms with Gasteiger partial charge in [-0.3, -0.25) is 0 Å². The number of nitrogens with one attached hydrogen (secondary N) is 1. The van der Waals surface area contributed by atoms with Gasteiger partial charge in [0, 0.05) is 45.2 Å². The molecule has 20 heavy (non-hydrogen) atoms. The Morgan fingerprint density at radius 1 is 1.15 bits per heavy atom. The molecule has 1 aromatic carbocycles. The summed E-state index contributed by atoms with van der Waals surface area (Å²) in [5.74, 6) is 0. The highest BCUT2D eigenvalue weighted by Crippen LogP contribution is 2.27. The van der Waals surface area contributed by atoms with Crippen molar-refractivity contribution in [1.29, 1.82) is 0 Å². The van der Waals surface area contributed by atoms with Crippen LogP contribution in [0, 0.1) is 6.92 Å². The molecule has 0 aliphatic carbocycles. The maximum absolute atomic E-state index is 3.56. The van der Waals surface area contributed by atoms with Crippen LogP contribution in [0.4, 0.5) is 11.4 Å². The molecule has 0 saturated heterocycles.